The number of ether oxygens (including phenoxy) is 4. The zero-order valence-corrected chi connectivity index (χ0v) is 15.1. The van der Waals surface area contributed by atoms with E-state index in [4.69, 9.17) is 18.9 Å². The van der Waals surface area contributed by atoms with Crippen LogP contribution in [-0.2, 0) is 9.53 Å². The van der Waals surface area contributed by atoms with Gasteiger partial charge in [0.2, 0.25) is 0 Å². The minimum Gasteiger partial charge on any atom is -0.497 e. The van der Waals surface area contributed by atoms with Crippen LogP contribution in [0.25, 0.3) is 0 Å². The summed E-state index contributed by atoms with van der Waals surface area (Å²) in [4.78, 5) is 35.7. The number of esters is 1. The third kappa shape index (κ3) is 4.75. The zero-order chi connectivity index (χ0) is 19.8. The highest BCUT2D eigenvalue weighted by Crippen LogP contribution is 2.33. The van der Waals surface area contributed by atoms with Crippen LogP contribution in [0.4, 0.5) is 5.69 Å². The number of anilines is 1. The molecule has 2 rings (SSSR count). The molecule has 8 heteroatoms. The summed E-state index contributed by atoms with van der Waals surface area (Å²) >= 11 is 0. The Hall–Kier alpha value is -3.55. The van der Waals surface area contributed by atoms with Crippen molar-refractivity contribution >= 4 is 23.9 Å². The maximum Gasteiger partial charge on any atom is 0.343 e. The van der Waals surface area contributed by atoms with Gasteiger partial charge in [0.15, 0.2) is 24.4 Å². The minimum atomic E-state index is -0.881. The summed E-state index contributed by atoms with van der Waals surface area (Å²) in [6, 6.07) is 9.62. The van der Waals surface area contributed by atoms with Crippen LogP contribution in [0.5, 0.6) is 17.2 Å². The number of nitrogens with one attached hydrogen (secondary N) is 1. The van der Waals surface area contributed by atoms with E-state index >= 15 is 0 Å². The fourth-order valence-electron chi connectivity index (χ4n) is 2.35. The minimum absolute atomic E-state index is 0.0558. The molecule has 0 heterocycles. The first-order chi connectivity index (χ1) is 13.0. The number of amides is 1. The molecule has 0 bridgehead atoms. The molecular formula is C19H19NO7. The van der Waals surface area contributed by atoms with Crippen molar-refractivity contribution in [3.05, 3.63) is 47.5 Å². The molecule has 0 aliphatic carbocycles. The average Bonchev–Trinajstić information content (AvgIpc) is 2.70. The number of hydrogen-bond donors (Lipinski definition) is 1. The lowest BCUT2D eigenvalue weighted by Crippen LogP contribution is -2.22. The summed E-state index contributed by atoms with van der Waals surface area (Å²) in [5.41, 5.74) is 0.440. The van der Waals surface area contributed by atoms with Gasteiger partial charge in [0.1, 0.15) is 11.3 Å². The number of methoxy groups -OCH3 is 3. The van der Waals surface area contributed by atoms with Crippen LogP contribution in [0.1, 0.15) is 20.7 Å². The van der Waals surface area contributed by atoms with Crippen LogP contribution in [0.2, 0.25) is 0 Å². The summed E-state index contributed by atoms with van der Waals surface area (Å²) in [5.74, 6) is -0.544. The van der Waals surface area contributed by atoms with Crippen LogP contribution < -0.4 is 19.5 Å². The molecule has 0 saturated heterocycles. The van der Waals surface area contributed by atoms with Gasteiger partial charge in [-0.3, -0.25) is 9.59 Å². The number of rotatable bonds is 8. The molecule has 0 unspecified atom stereocenters. The van der Waals surface area contributed by atoms with Crippen LogP contribution in [0.15, 0.2) is 36.4 Å². The monoisotopic (exact) mass is 373 g/mol. The Morgan fingerprint density at radius 1 is 1.04 bits per heavy atom. The SMILES string of the molecule is COc1cccc(NC(=O)COC(=O)c2c(C=O)ccc(OC)c2OC)c1. The molecule has 8 nitrogen and oxygen atoms in total. The molecular weight excluding hydrogens is 354 g/mol. The number of carbonyl (C=O) groups is 3. The molecule has 0 fully saturated rings. The first kappa shape index (κ1) is 19.8. The lowest BCUT2D eigenvalue weighted by molar-refractivity contribution is -0.119. The Labute approximate surface area is 156 Å². The smallest absolute Gasteiger partial charge is 0.343 e. The molecule has 2 aromatic rings. The van der Waals surface area contributed by atoms with Crippen molar-refractivity contribution in [2.75, 3.05) is 33.3 Å². The average molecular weight is 373 g/mol. The standard InChI is InChI=1S/C19H19NO7/c1-24-14-6-4-5-13(9-14)20-16(22)11-27-19(23)17-12(10-21)7-8-15(25-2)18(17)26-3/h4-10H,11H2,1-3H3,(H,20,22). The normalized spacial score (nSPS) is 9.89. The van der Waals surface area contributed by atoms with Crippen LogP contribution in [-0.4, -0.2) is 46.1 Å². The molecule has 0 aromatic heterocycles. The van der Waals surface area contributed by atoms with Crippen molar-refractivity contribution < 1.29 is 33.3 Å². The second-order valence-corrected chi connectivity index (χ2v) is 5.24. The van der Waals surface area contributed by atoms with Gasteiger partial charge in [-0.05, 0) is 24.3 Å². The molecule has 27 heavy (non-hydrogen) atoms. The zero-order valence-electron chi connectivity index (χ0n) is 15.1. The summed E-state index contributed by atoms with van der Waals surface area (Å²) in [5, 5.41) is 2.58. The quantitative estimate of drug-likeness (QED) is 0.560. The van der Waals surface area contributed by atoms with E-state index in [0.717, 1.165) is 0 Å². The molecule has 142 valence electrons. The molecule has 2 aromatic carbocycles. The lowest BCUT2D eigenvalue weighted by atomic mass is 10.1. The second kappa shape index (κ2) is 9.23. The van der Waals surface area contributed by atoms with Gasteiger partial charge >= 0.3 is 5.97 Å². The van der Waals surface area contributed by atoms with Gasteiger partial charge in [0, 0.05) is 17.3 Å². The second-order valence-electron chi connectivity index (χ2n) is 5.24. The third-order valence-corrected chi connectivity index (χ3v) is 3.60. The van der Waals surface area contributed by atoms with Gasteiger partial charge in [-0.15, -0.1) is 0 Å². The van der Waals surface area contributed by atoms with Crippen molar-refractivity contribution in [3.8, 4) is 17.2 Å². The first-order valence-electron chi connectivity index (χ1n) is 7.85. The number of hydrogen-bond acceptors (Lipinski definition) is 7. The molecule has 0 saturated carbocycles. The molecule has 1 amide bonds. The fourth-order valence-corrected chi connectivity index (χ4v) is 2.35. The highest BCUT2D eigenvalue weighted by molar-refractivity contribution is 6.03. The highest BCUT2D eigenvalue weighted by atomic mass is 16.5. The molecule has 0 aliphatic rings. The summed E-state index contributed by atoms with van der Waals surface area (Å²) in [6.07, 6.45) is 0.495. The van der Waals surface area contributed by atoms with E-state index in [-0.39, 0.29) is 22.6 Å². The molecule has 0 spiro atoms. The van der Waals surface area contributed by atoms with E-state index in [0.29, 0.717) is 17.7 Å². The van der Waals surface area contributed by atoms with E-state index < -0.39 is 18.5 Å². The first-order valence-corrected chi connectivity index (χ1v) is 7.85. The largest absolute Gasteiger partial charge is 0.497 e. The maximum atomic E-state index is 12.4. The topological polar surface area (TPSA) is 100 Å². The van der Waals surface area contributed by atoms with Gasteiger partial charge < -0.3 is 24.3 Å². The van der Waals surface area contributed by atoms with Crippen molar-refractivity contribution in [3.63, 3.8) is 0 Å². The summed E-state index contributed by atoms with van der Waals surface area (Å²) < 4.78 is 20.4. The van der Waals surface area contributed by atoms with E-state index in [1.807, 2.05) is 0 Å². The van der Waals surface area contributed by atoms with E-state index in [9.17, 15) is 14.4 Å². The van der Waals surface area contributed by atoms with Gasteiger partial charge in [0.05, 0.1) is 21.3 Å². The fraction of sp³-hybridized carbons (Fsp3) is 0.211. The summed E-state index contributed by atoms with van der Waals surface area (Å²) in [6.45, 7) is -0.547. The van der Waals surface area contributed by atoms with Crippen molar-refractivity contribution in [2.24, 2.45) is 0 Å². The van der Waals surface area contributed by atoms with Gasteiger partial charge in [-0.1, -0.05) is 6.07 Å². The molecule has 0 aliphatic heterocycles. The van der Waals surface area contributed by atoms with Gasteiger partial charge in [0.25, 0.3) is 5.91 Å². The summed E-state index contributed by atoms with van der Waals surface area (Å²) in [7, 11) is 4.24. The van der Waals surface area contributed by atoms with E-state index in [1.165, 1.54) is 33.5 Å². The van der Waals surface area contributed by atoms with E-state index in [1.54, 1.807) is 24.3 Å². The Balaban J connectivity index is 2.11. The van der Waals surface area contributed by atoms with Crippen LogP contribution in [0, 0.1) is 0 Å². The van der Waals surface area contributed by atoms with Gasteiger partial charge in [-0.2, -0.15) is 0 Å². The van der Waals surface area contributed by atoms with Crippen molar-refractivity contribution in [2.45, 2.75) is 0 Å². The highest BCUT2D eigenvalue weighted by Gasteiger charge is 2.23. The lowest BCUT2D eigenvalue weighted by Gasteiger charge is -2.14. The molecule has 0 radical (unpaired) electrons. The Morgan fingerprint density at radius 3 is 2.44 bits per heavy atom. The predicted molar refractivity (Wildman–Crippen MR) is 96.8 cm³/mol. The number of carbonyl (C=O) groups excluding carboxylic acids is 3. The van der Waals surface area contributed by atoms with Crippen molar-refractivity contribution in [1.82, 2.24) is 0 Å². The Kier molecular flexibility index (Phi) is 6.76. The maximum absolute atomic E-state index is 12.4. The Bertz CT molecular complexity index is 848. The third-order valence-electron chi connectivity index (χ3n) is 3.60. The number of aldehydes is 1. The van der Waals surface area contributed by atoms with Crippen LogP contribution >= 0.6 is 0 Å². The number of benzene rings is 2. The van der Waals surface area contributed by atoms with E-state index in [2.05, 4.69) is 5.32 Å². The predicted octanol–water partition coefficient (Wildman–Crippen LogP) is 2.32. The molecule has 0 atom stereocenters. The molecule has 1 N–H and O–H groups in total. The van der Waals surface area contributed by atoms with Crippen LogP contribution in [0.3, 0.4) is 0 Å². The van der Waals surface area contributed by atoms with Gasteiger partial charge in [-0.25, -0.2) is 4.79 Å². The van der Waals surface area contributed by atoms with Crippen molar-refractivity contribution in [1.29, 1.82) is 0 Å². The Morgan fingerprint density at radius 2 is 1.81 bits per heavy atom.